The topological polar surface area (TPSA) is 105 Å². The van der Waals surface area contributed by atoms with Gasteiger partial charge in [-0.3, -0.25) is 14.2 Å². The van der Waals surface area contributed by atoms with E-state index < -0.39 is 11.1 Å². The van der Waals surface area contributed by atoms with E-state index in [9.17, 15) is 14.8 Å². The number of hydrogen-bond acceptors (Lipinski definition) is 6. The summed E-state index contributed by atoms with van der Waals surface area (Å²) in [7, 11) is 1.37. The van der Waals surface area contributed by atoms with Crippen molar-refractivity contribution >= 4 is 17.0 Å². The third-order valence-corrected chi connectivity index (χ3v) is 2.41. The summed E-state index contributed by atoms with van der Waals surface area (Å²) in [6.45, 7) is 3.88. The van der Waals surface area contributed by atoms with Crippen LogP contribution in [-0.2, 0) is 7.05 Å². The van der Waals surface area contributed by atoms with Gasteiger partial charge in [-0.15, -0.1) is 6.58 Å². The molecule has 0 saturated carbocycles. The van der Waals surface area contributed by atoms with Gasteiger partial charge in [0.1, 0.15) is 11.8 Å². The van der Waals surface area contributed by atoms with Gasteiger partial charge in [-0.2, -0.15) is 0 Å². The molecule has 2 aromatic rings. The molecule has 0 aliphatic carbocycles. The van der Waals surface area contributed by atoms with Gasteiger partial charge in [0.15, 0.2) is 11.5 Å². The van der Waals surface area contributed by atoms with E-state index in [1.807, 2.05) is 0 Å². The fourth-order valence-corrected chi connectivity index (χ4v) is 1.53. The van der Waals surface area contributed by atoms with E-state index in [0.29, 0.717) is 6.54 Å². The van der Waals surface area contributed by atoms with Crippen LogP contribution in [0, 0.1) is 5.21 Å². The number of aromatic nitrogens is 4. The third kappa shape index (κ3) is 2.55. The zero-order valence-electron chi connectivity index (χ0n) is 10.6. The molecule has 8 nitrogen and oxygen atoms in total. The molecule has 2 rings (SSSR count). The van der Waals surface area contributed by atoms with Gasteiger partial charge in [-0.25, -0.2) is 9.97 Å². The van der Waals surface area contributed by atoms with Crippen molar-refractivity contribution in [2.75, 3.05) is 11.9 Å². The molecule has 0 bridgehead atoms. The van der Waals surface area contributed by atoms with E-state index in [0.717, 1.165) is 4.57 Å². The molecule has 0 radical (unpaired) electrons. The molecule has 0 aliphatic rings. The van der Waals surface area contributed by atoms with Crippen LogP contribution in [0.2, 0.25) is 0 Å². The monoisotopic (exact) mass is 271 g/mol. The third-order valence-electron chi connectivity index (χ3n) is 2.41. The second-order valence-electron chi connectivity index (χ2n) is 3.53. The van der Waals surface area contributed by atoms with Crippen molar-refractivity contribution < 1.29 is 29.6 Å². The van der Waals surface area contributed by atoms with Gasteiger partial charge in [0.2, 0.25) is 0 Å². The Kier molecular flexibility index (Phi) is 4.87. The van der Waals surface area contributed by atoms with Crippen molar-refractivity contribution in [3.8, 4) is 0 Å². The maximum absolute atomic E-state index is 11.7. The van der Waals surface area contributed by atoms with Crippen LogP contribution in [0.15, 0.2) is 28.6 Å². The van der Waals surface area contributed by atoms with Crippen LogP contribution in [0.25, 0.3) is 11.2 Å². The van der Waals surface area contributed by atoms with E-state index in [4.69, 9.17) is 0 Å². The number of hydrogen-bond donors (Lipinski definition) is 1. The Labute approximate surface area is 129 Å². The molecular weight excluding hydrogens is 261 g/mol. The van der Waals surface area contributed by atoms with Crippen LogP contribution < -0.4 is 46.0 Å². The summed E-state index contributed by atoms with van der Waals surface area (Å²) < 4.78 is 1.02. The number of aryl methyl sites for hydroxylation is 1. The van der Waals surface area contributed by atoms with Gasteiger partial charge < -0.3 is 15.3 Å². The minimum Gasteiger partial charge on any atom is -0.803 e. The Bertz CT molecular complexity index is 736. The molecule has 0 amide bonds. The smallest absolute Gasteiger partial charge is 0.803 e. The normalized spacial score (nSPS) is 9.95. The standard InChI is InChI=1S/C10H10N5O3.Na/c1-3-4-11-7-6-8(13-5-12-7)14(2)9(16)10(17)15(6)18;/h3,5H,1,4H2,2H3,(H,11,12,13);/q-1;+1. The summed E-state index contributed by atoms with van der Waals surface area (Å²) in [5.41, 5.74) is -2.06. The molecule has 0 fully saturated rings. The Morgan fingerprint density at radius 1 is 1.42 bits per heavy atom. The van der Waals surface area contributed by atoms with Crippen molar-refractivity contribution in [2.45, 2.75) is 0 Å². The molecule has 0 spiro atoms. The number of nitrogens with one attached hydrogen (secondary N) is 1. The first-order valence-electron chi connectivity index (χ1n) is 5.07. The fourth-order valence-electron chi connectivity index (χ4n) is 1.53. The average Bonchev–Trinajstić information content (AvgIpc) is 2.40. The van der Waals surface area contributed by atoms with E-state index in [2.05, 4.69) is 21.9 Å². The molecule has 0 aromatic carbocycles. The molecule has 2 heterocycles. The molecule has 0 saturated heterocycles. The average molecular weight is 271 g/mol. The summed E-state index contributed by atoms with van der Waals surface area (Å²) >= 11 is 0. The largest absolute Gasteiger partial charge is 1.00 e. The molecule has 2 aromatic heterocycles. The maximum Gasteiger partial charge on any atom is 1.00 e. The second kappa shape index (κ2) is 6.00. The van der Waals surface area contributed by atoms with Gasteiger partial charge in [0.25, 0.3) is 0 Å². The van der Waals surface area contributed by atoms with Gasteiger partial charge in [-0.1, -0.05) is 6.08 Å². The minimum absolute atomic E-state index is 0. The van der Waals surface area contributed by atoms with E-state index in [1.54, 1.807) is 6.08 Å². The molecule has 19 heavy (non-hydrogen) atoms. The van der Waals surface area contributed by atoms with Crippen molar-refractivity contribution in [2.24, 2.45) is 7.05 Å². The van der Waals surface area contributed by atoms with Crippen LogP contribution in [0.4, 0.5) is 5.82 Å². The summed E-state index contributed by atoms with van der Waals surface area (Å²) in [5.74, 6) is 0.183. The predicted molar refractivity (Wildman–Crippen MR) is 66.5 cm³/mol. The Hall–Kier alpha value is -1.64. The molecule has 0 aliphatic heterocycles. The van der Waals surface area contributed by atoms with Crippen LogP contribution >= 0.6 is 0 Å². The van der Waals surface area contributed by atoms with Crippen molar-refractivity contribution in [3.63, 3.8) is 0 Å². The zero-order chi connectivity index (χ0) is 13.3. The first kappa shape index (κ1) is 15.4. The Morgan fingerprint density at radius 2 is 2.11 bits per heavy atom. The van der Waals surface area contributed by atoms with Crippen LogP contribution in [0.3, 0.4) is 0 Å². The quantitative estimate of drug-likeness (QED) is 0.352. The minimum atomic E-state index is -1.17. The summed E-state index contributed by atoms with van der Waals surface area (Å²) in [5, 5.41) is 14.5. The van der Waals surface area contributed by atoms with Crippen molar-refractivity contribution in [1.29, 1.82) is 0 Å². The second-order valence-corrected chi connectivity index (χ2v) is 3.53. The molecule has 94 valence electrons. The van der Waals surface area contributed by atoms with E-state index in [1.165, 1.54) is 13.4 Å². The van der Waals surface area contributed by atoms with Gasteiger partial charge >= 0.3 is 40.7 Å². The van der Waals surface area contributed by atoms with Crippen molar-refractivity contribution in [3.05, 3.63) is 44.9 Å². The number of rotatable bonds is 3. The Morgan fingerprint density at radius 3 is 2.74 bits per heavy atom. The fraction of sp³-hybridized carbons (Fsp3) is 0.200. The zero-order valence-corrected chi connectivity index (χ0v) is 12.6. The number of nitrogens with zero attached hydrogens (tertiary/aromatic N) is 4. The molecule has 1 N–H and O–H groups in total. The van der Waals surface area contributed by atoms with Crippen molar-refractivity contribution in [1.82, 2.24) is 19.3 Å². The van der Waals surface area contributed by atoms with Crippen LogP contribution in [-0.4, -0.2) is 25.8 Å². The number of fused-ring (bicyclic) bond motifs is 1. The van der Waals surface area contributed by atoms with Gasteiger partial charge in [0, 0.05) is 13.6 Å². The predicted octanol–water partition coefficient (Wildman–Crippen LogP) is -3.56. The summed E-state index contributed by atoms with van der Waals surface area (Å²) in [4.78, 5) is 30.6. The maximum atomic E-state index is 11.7. The molecular formula is C10H10N5NaO3. The number of anilines is 1. The van der Waals surface area contributed by atoms with E-state index in [-0.39, 0.29) is 51.3 Å². The molecule has 0 atom stereocenters. The van der Waals surface area contributed by atoms with Gasteiger partial charge in [-0.05, 0) is 0 Å². The summed E-state index contributed by atoms with van der Waals surface area (Å²) in [6.07, 6.45) is 2.78. The summed E-state index contributed by atoms with van der Waals surface area (Å²) in [6, 6.07) is 0. The van der Waals surface area contributed by atoms with E-state index >= 15 is 0 Å². The van der Waals surface area contributed by atoms with Crippen LogP contribution in [0.1, 0.15) is 0 Å². The first-order chi connectivity index (χ1) is 8.57. The SMILES string of the molecule is C=CCNc1ncnc2c1n([O-])c(=O)c(=O)n2C.[Na+]. The first-order valence-corrected chi connectivity index (χ1v) is 5.07. The Balaban J connectivity index is 0.00000180. The van der Waals surface area contributed by atoms with Gasteiger partial charge in [0.05, 0.1) is 0 Å². The molecule has 9 heteroatoms. The molecule has 0 unspecified atom stereocenters. The van der Waals surface area contributed by atoms with Crippen LogP contribution in [0.5, 0.6) is 0 Å².